The van der Waals surface area contributed by atoms with Crippen molar-refractivity contribution in [3.05, 3.63) is 11.6 Å². The van der Waals surface area contributed by atoms with E-state index in [1.165, 1.54) is 45.4 Å². The van der Waals surface area contributed by atoms with Gasteiger partial charge < -0.3 is 5.32 Å². The summed E-state index contributed by atoms with van der Waals surface area (Å²) in [6.45, 7) is 9.48. The van der Waals surface area contributed by atoms with Crippen LogP contribution in [0.4, 0.5) is 0 Å². The lowest BCUT2D eigenvalue weighted by Crippen LogP contribution is -2.48. The third kappa shape index (κ3) is 2.82. The van der Waals surface area contributed by atoms with Crippen LogP contribution < -0.4 is 5.32 Å². The van der Waals surface area contributed by atoms with Gasteiger partial charge >= 0.3 is 0 Å². The van der Waals surface area contributed by atoms with Gasteiger partial charge in [-0.25, -0.2) is 0 Å². The maximum Gasteiger partial charge on any atom is 0.0134 e. The van der Waals surface area contributed by atoms with Crippen molar-refractivity contribution in [2.45, 2.75) is 39.2 Å². The van der Waals surface area contributed by atoms with Crippen LogP contribution >= 0.6 is 0 Å². The van der Waals surface area contributed by atoms with E-state index >= 15 is 0 Å². The van der Waals surface area contributed by atoms with Gasteiger partial charge in [-0.15, -0.1) is 0 Å². The molecule has 86 valence electrons. The molecule has 1 aliphatic heterocycles. The highest BCUT2D eigenvalue weighted by Crippen LogP contribution is 2.26. The fraction of sp³-hybridized carbons (Fsp3) is 0.846. The van der Waals surface area contributed by atoms with E-state index < -0.39 is 0 Å². The van der Waals surface area contributed by atoms with Crippen molar-refractivity contribution in [3.8, 4) is 0 Å². The summed E-state index contributed by atoms with van der Waals surface area (Å²) in [6.07, 6.45) is 6.49. The Labute approximate surface area is 93.7 Å². The zero-order valence-electron chi connectivity index (χ0n) is 10.1. The predicted molar refractivity (Wildman–Crippen MR) is 65.0 cm³/mol. The molecule has 0 aromatic carbocycles. The molecule has 0 aromatic heterocycles. The van der Waals surface area contributed by atoms with Gasteiger partial charge in [0.15, 0.2) is 0 Å². The van der Waals surface area contributed by atoms with Crippen molar-refractivity contribution < 1.29 is 0 Å². The van der Waals surface area contributed by atoms with Gasteiger partial charge in [-0.1, -0.05) is 25.5 Å². The molecule has 2 aliphatic rings. The average molecular weight is 208 g/mol. The molecule has 0 amide bonds. The highest BCUT2D eigenvalue weighted by Gasteiger charge is 2.22. The fourth-order valence-electron chi connectivity index (χ4n) is 2.74. The summed E-state index contributed by atoms with van der Waals surface area (Å²) in [5.74, 6) is 0.758. The molecule has 15 heavy (non-hydrogen) atoms. The molecule has 2 heteroatoms. The quantitative estimate of drug-likeness (QED) is 0.699. The van der Waals surface area contributed by atoms with Gasteiger partial charge in [-0.3, -0.25) is 4.90 Å². The molecule has 0 aromatic rings. The zero-order chi connectivity index (χ0) is 10.7. The van der Waals surface area contributed by atoms with Crippen LogP contribution in [-0.2, 0) is 0 Å². The van der Waals surface area contributed by atoms with E-state index in [0.29, 0.717) is 0 Å². The highest BCUT2D eigenvalue weighted by atomic mass is 15.2. The number of nitrogens with zero attached hydrogens (tertiary/aromatic N) is 1. The standard InChI is InChI=1S/C13H24N2/c1-11(2)12-3-5-13(6-4-12)15-9-7-14-8-10-15/h3,11,13-14H,4-10H2,1-2H3. The molecule has 1 heterocycles. The third-order valence-electron chi connectivity index (χ3n) is 3.83. The van der Waals surface area contributed by atoms with E-state index in [0.717, 1.165) is 12.0 Å². The summed E-state index contributed by atoms with van der Waals surface area (Å²) in [5.41, 5.74) is 1.68. The van der Waals surface area contributed by atoms with Gasteiger partial charge in [-0.05, 0) is 25.2 Å². The highest BCUT2D eigenvalue weighted by molar-refractivity contribution is 5.10. The van der Waals surface area contributed by atoms with Gasteiger partial charge in [0.25, 0.3) is 0 Å². The van der Waals surface area contributed by atoms with E-state index in [2.05, 4.69) is 30.1 Å². The van der Waals surface area contributed by atoms with Gasteiger partial charge in [0.1, 0.15) is 0 Å². The second-order valence-corrected chi connectivity index (χ2v) is 5.15. The summed E-state index contributed by atoms with van der Waals surface area (Å²) in [4.78, 5) is 2.67. The summed E-state index contributed by atoms with van der Waals surface area (Å²) >= 11 is 0. The fourth-order valence-corrected chi connectivity index (χ4v) is 2.74. The number of hydrogen-bond acceptors (Lipinski definition) is 2. The molecule has 2 rings (SSSR count). The Hall–Kier alpha value is -0.340. The maximum atomic E-state index is 3.42. The van der Waals surface area contributed by atoms with Crippen LogP contribution in [0, 0.1) is 5.92 Å². The minimum Gasteiger partial charge on any atom is -0.314 e. The van der Waals surface area contributed by atoms with Crippen LogP contribution in [0.2, 0.25) is 0 Å². The van der Waals surface area contributed by atoms with E-state index in [1.54, 1.807) is 5.57 Å². The number of piperazine rings is 1. The first-order chi connectivity index (χ1) is 7.27. The van der Waals surface area contributed by atoms with E-state index in [4.69, 9.17) is 0 Å². The minimum atomic E-state index is 0.758. The van der Waals surface area contributed by atoms with Gasteiger partial charge in [-0.2, -0.15) is 0 Å². The number of nitrogens with one attached hydrogen (secondary N) is 1. The first-order valence-electron chi connectivity index (χ1n) is 6.41. The van der Waals surface area contributed by atoms with Crippen LogP contribution in [0.3, 0.4) is 0 Å². The van der Waals surface area contributed by atoms with E-state index in [-0.39, 0.29) is 0 Å². The largest absolute Gasteiger partial charge is 0.314 e. The van der Waals surface area contributed by atoms with Crippen LogP contribution in [0.25, 0.3) is 0 Å². The third-order valence-corrected chi connectivity index (χ3v) is 3.83. The van der Waals surface area contributed by atoms with Gasteiger partial charge in [0, 0.05) is 32.2 Å². The monoisotopic (exact) mass is 208 g/mol. The molecule has 0 radical (unpaired) electrons. The number of rotatable bonds is 2. The van der Waals surface area contributed by atoms with Crippen molar-refractivity contribution in [1.29, 1.82) is 0 Å². The molecule has 0 spiro atoms. The Morgan fingerprint density at radius 1 is 1.33 bits per heavy atom. The Balaban J connectivity index is 1.86. The Morgan fingerprint density at radius 3 is 2.60 bits per heavy atom. The Kier molecular flexibility index (Phi) is 3.81. The second-order valence-electron chi connectivity index (χ2n) is 5.15. The SMILES string of the molecule is CC(C)C1=CCC(N2CCNCC2)CC1. The zero-order valence-corrected chi connectivity index (χ0v) is 10.1. The Bertz CT molecular complexity index is 227. The van der Waals surface area contributed by atoms with E-state index in [9.17, 15) is 0 Å². The molecule has 0 bridgehead atoms. The van der Waals surface area contributed by atoms with Crippen molar-refractivity contribution in [3.63, 3.8) is 0 Å². The lowest BCUT2D eigenvalue weighted by atomic mass is 9.88. The summed E-state index contributed by atoms with van der Waals surface area (Å²) < 4.78 is 0. The average Bonchev–Trinajstić information content (AvgIpc) is 2.30. The summed E-state index contributed by atoms with van der Waals surface area (Å²) in [6, 6.07) is 0.828. The van der Waals surface area contributed by atoms with Gasteiger partial charge in [0.2, 0.25) is 0 Å². The van der Waals surface area contributed by atoms with E-state index in [1.807, 2.05) is 0 Å². The molecular formula is C13H24N2. The van der Waals surface area contributed by atoms with Crippen LogP contribution in [-0.4, -0.2) is 37.1 Å². The van der Waals surface area contributed by atoms with Gasteiger partial charge in [0.05, 0.1) is 0 Å². The summed E-state index contributed by atoms with van der Waals surface area (Å²) in [5, 5.41) is 3.42. The second kappa shape index (κ2) is 5.13. The van der Waals surface area contributed by atoms with Crippen molar-refractivity contribution in [1.82, 2.24) is 10.2 Å². The lowest BCUT2D eigenvalue weighted by Gasteiger charge is -2.37. The van der Waals surface area contributed by atoms with Crippen molar-refractivity contribution in [2.75, 3.05) is 26.2 Å². The topological polar surface area (TPSA) is 15.3 Å². The van der Waals surface area contributed by atoms with Crippen LogP contribution in [0.5, 0.6) is 0 Å². The molecule has 1 aliphatic carbocycles. The van der Waals surface area contributed by atoms with Crippen molar-refractivity contribution in [2.24, 2.45) is 5.92 Å². The molecule has 2 nitrogen and oxygen atoms in total. The number of allylic oxidation sites excluding steroid dienone is 1. The van der Waals surface area contributed by atoms with Crippen molar-refractivity contribution >= 4 is 0 Å². The first kappa shape index (κ1) is 11.2. The molecule has 1 N–H and O–H groups in total. The first-order valence-corrected chi connectivity index (χ1v) is 6.41. The Morgan fingerprint density at radius 2 is 2.07 bits per heavy atom. The number of hydrogen-bond donors (Lipinski definition) is 1. The molecule has 1 fully saturated rings. The molecule has 1 unspecified atom stereocenters. The molecule has 1 saturated heterocycles. The normalized spacial score (nSPS) is 29.3. The predicted octanol–water partition coefficient (Wildman–Crippen LogP) is 2.03. The minimum absolute atomic E-state index is 0.758. The molecular weight excluding hydrogens is 184 g/mol. The van der Waals surface area contributed by atoms with Crippen LogP contribution in [0.1, 0.15) is 33.1 Å². The molecule has 0 saturated carbocycles. The summed E-state index contributed by atoms with van der Waals surface area (Å²) in [7, 11) is 0. The smallest absolute Gasteiger partial charge is 0.0134 e. The lowest BCUT2D eigenvalue weighted by molar-refractivity contribution is 0.161. The molecule has 1 atom stereocenters. The maximum absolute atomic E-state index is 3.42. The van der Waals surface area contributed by atoms with Crippen LogP contribution in [0.15, 0.2) is 11.6 Å².